The van der Waals surface area contributed by atoms with Crippen LogP contribution in [0.2, 0.25) is 0 Å². The number of hydrogen-bond donors (Lipinski definition) is 1. The summed E-state index contributed by atoms with van der Waals surface area (Å²) < 4.78 is 12.9. The van der Waals surface area contributed by atoms with Gasteiger partial charge in [-0.05, 0) is 51.0 Å². The lowest BCUT2D eigenvalue weighted by atomic mass is 10.0. The van der Waals surface area contributed by atoms with Gasteiger partial charge >= 0.3 is 0 Å². The lowest BCUT2D eigenvalue weighted by molar-refractivity contribution is -0.127. The molecule has 0 aromatic heterocycles. The smallest absolute Gasteiger partial charge is 0.246 e. The van der Waals surface area contributed by atoms with Crippen molar-refractivity contribution in [2.45, 2.75) is 32.7 Å². The van der Waals surface area contributed by atoms with Gasteiger partial charge in [-0.3, -0.25) is 4.79 Å². The average molecular weight is 276 g/mol. The second kappa shape index (κ2) is 6.55. The first-order chi connectivity index (χ1) is 9.54. The van der Waals surface area contributed by atoms with Gasteiger partial charge in [0.2, 0.25) is 5.91 Å². The maximum Gasteiger partial charge on any atom is 0.246 e. The molecule has 1 heterocycles. The van der Waals surface area contributed by atoms with Crippen LogP contribution in [0.5, 0.6) is 0 Å². The number of carbonyl (C=O) groups is 1. The van der Waals surface area contributed by atoms with E-state index in [0.29, 0.717) is 6.54 Å². The quantitative estimate of drug-likeness (QED) is 0.860. The van der Waals surface area contributed by atoms with E-state index in [1.54, 1.807) is 18.2 Å². The largest absolute Gasteiger partial charge is 0.381 e. The third-order valence-electron chi connectivity index (χ3n) is 3.36. The monoisotopic (exact) mass is 276 g/mol. The van der Waals surface area contributed by atoms with Gasteiger partial charge in [-0.25, -0.2) is 4.39 Å². The Kier molecular flexibility index (Phi) is 4.77. The number of anilines is 1. The van der Waals surface area contributed by atoms with E-state index in [1.807, 2.05) is 18.7 Å². The molecule has 1 atom stereocenters. The van der Waals surface area contributed by atoms with Gasteiger partial charge in [0.25, 0.3) is 0 Å². The normalized spacial score (nSPS) is 18.6. The Morgan fingerprint density at radius 3 is 2.70 bits per heavy atom. The van der Waals surface area contributed by atoms with Crippen LogP contribution < -0.4 is 5.32 Å². The fourth-order valence-corrected chi connectivity index (χ4v) is 2.42. The summed E-state index contributed by atoms with van der Waals surface area (Å²) in [6.45, 7) is 5.36. The van der Waals surface area contributed by atoms with E-state index < -0.39 is 0 Å². The molecule has 1 aliphatic heterocycles. The Morgan fingerprint density at radius 1 is 1.35 bits per heavy atom. The average Bonchev–Trinajstić information content (AvgIpc) is 2.41. The lowest BCUT2D eigenvalue weighted by Gasteiger charge is -2.33. The summed E-state index contributed by atoms with van der Waals surface area (Å²) in [6, 6.07) is 6.57. The summed E-state index contributed by atoms with van der Waals surface area (Å²) in [7, 11) is 0. The molecular formula is C16H21FN2O. The molecule has 0 aliphatic carbocycles. The van der Waals surface area contributed by atoms with E-state index in [4.69, 9.17) is 0 Å². The summed E-state index contributed by atoms with van der Waals surface area (Å²) in [5.74, 6) is -0.157. The minimum Gasteiger partial charge on any atom is -0.381 e. The number of nitrogens with zero attached hydrogens (tertiary/aromatic N) is 1. The maximum atomic E-state index is 12.9. The maximum absolute atomic E-state index is 12.9. The van der Waals surface area contributed by atoms with Gasteiger partial charge in [0, 0.05) is 30.9 Å². The molecule has 2 rings (SSSR count). The first kappa shape index (κ1) is 14.6. The Morgan fingerprint density at radius 2 is 2.05 bits per heavy atom. The predicted molar refractivity (Wildman–Crippen MR) is 79.1 cm³/mol. The SMILES string of the molecule is CC(C)=CC(=O)N1CCCC(Nc2ccc(F)cc2)C1. The molecule has 1 saturated heterocycles. The second-order valence-electron chi connectivity index (χ2n) is 5.50. The molecule has 0 bridgehead atoms. The van der Waals surface area contributed by atoms with Crippen molar-refractivity contribution in [3.8, 4) is 0 Å². The highest BCUT2D eigenvalue weighted by atomic mass is 19.1. The van der Waals surface area contributed by atoms with Gasteiger partial charge in [-0.2, -0.15) is 0 Å². The van der Waals surface area contributed by atoms with E-state index in [2.05, 4.69) is 5.32 Å². The molecule has 1 aromatic rings. The zero-order chi connectivity index (χ0) is 14.5. The molecular weight excluding hydrogens is 255 g/mol. The van der Waals surface area contributed by atoms with Crippen LogP contribution >= 0.6 is 0 Å². The highest BCUT2D eigenvalue weighted by molar-refractivity contribution is 5.88. The van der Waals surface area contributed by atoms with Crippen LogP contribution in [0.4, 0.5) is 10.1 Å². The third-order valence-corrected chi connectivity index (χ3v) is 3.36. The summed E-state index contributed by atoms with van der Waals surface area (Å²) in [5.41, 5.74) is 1.91. The van der Waals surface area contributed by atoms with E-state index >= 15 is 0 Å². The van der Waals surface area contributed by atoms with E-state index in [9.17, 15) is 9.18 Å². The fourth-order valence-electron chi connectivity index (χ4n) is 2.42. The van der Waals surface area contributed by atoms with Crippen LogP contribution in [0.25, 0.3) is 0 Å². The Bertz CT molecular complexity index is 492. The zero-order valence-electron chi connectivity index (χ0n) is 12.0. The summed E-state index contributed by atoms with van der Waals surface area (Å²) in [4.78, 5) is 13.9. The molecule has 1 amide bonds. The Balaban J connectivity index is 1.95. The molecule has 0 spiro atoms. The topological polar surface area (TPSA) is 32.3 Å². The first-order valence-corrected chi connectivity index (χ1v) is 7.00. The molecule has 1 unspecified atom stereocenters. The summed E-state index contributed by atoms with van der Waals surface area (Å²) in [5, 5.41) is 3.36. The number of hydrogen-bond acceptors (Lipinski definition) is 2. The highest BCUT2D eigenvalue weighted by Crippen LogP contribution is 2.17. The third kappa shape index (κ3) is 4.08. The summed E-state index contributed by atoms with van der Waals surface area (Å²) in [6.07, 6.45) is 3.69. The number of carbonyl (C=O) groups excluding carboxylic acids is 1. The molecule has 0 saturated carbocycles. The molecule has 1 fully saturated rings. The van der Waals surface area contributed by atoms with Gasteiger partial charge in [-0.1, -0.05) is 5.57 Å². The van der Waals surface area contributed by atoms with Gasteiger partial charge in [0.15, 0.2) is 0 Å². The molecule has 4 heteroatoms. The number of allylic oxidation sites excluding steroid dienone is 1. The van der Waals surface area contributed by atoms with Crippen molar-refractivity contribution in [3.63, 3.8) is 0 Å². The van der Waals surface area contributed by atoms with Crippen LogP contribution in [0.15, 0.2) is 35.9 Å². The number of rotatable bonds is 3. The zero-order valence-corrected chi connectivity index (χ0v) is 12.0. The Hall–Kier alpha value is -1.84. The van der Waals surface area contributed by atoms with Gasteiger partial charge in [-0.15, -0.1) is 0 Å². The number of benzene rings is 1. The summed E-state index contributed by atoms with van der Waals surface area (Å²) >= 11 is 0. The molecule has 20 heavy (non-hydrogen) atoms. The number of likely N-dealkylation sites (tertiary alicyclic amines) is 1. The van der Waals surface area contributed by atoms with Gasteiger partial charge < -0.3 is 10.2 Å². The van der Waals surface area contributed by atoms with Gasteiger partial charge in [0.05, 0.1) is 0 Å². The second-order valence-corrected chi connectivity index (χ2v) is 5.50. The van der Waals surface area contributed by atoms with Crippen molar-refractivity contribution >= 4 is 11.6 Å². The van der Waals surface area contributed by atoms with Gasteiger partial charge in [0.1, 0.15) is 5.82 Å². The standard InChI is InChI=1S/C16H21FN2O/c1-12(2)10-16(20)19-9-3-4-15(11-19)18-14-7-5-13(17)6-8-14/h5-8,10,15,18H,3-4,9,11H2,1-2H3. The molecule has 1 aliphatic rings. The molecule has 108 valence electrons. The minimum absolute atomic E-state index is 0.0793. The first-order valence-electron chi connectivity index (χ1n) is 7.00. The Labute approximate surface area is 119 Å². The molecule has 1 aromatic carbocycles. The van der Waals surface area contributed by atoms with Crippen molar-refractivity contribution in [1.29, 1.82) is 0 Å². The fraction of sp³-hybridized carbons (Fsp3) is 0.438. The van der Waals surface area contributed by atoms with Crippen molar-refractivity contribution in [2.75, 3.05) is 18.4 Å². The molecule has 1 N–H and O–H groups in total. The van der Waals surface area contributed by atoms with Crippen molar-refractivity contribution < 1.29 is 9.18 Å². The van der Waals surface area contributed by atoms with E-state index in [-0.39, 0.29) is 17.8 Å². The number of nitrogens with one attached hydrogen (secondary N) is 1. The minimum atomic E-state index is -0.237. The number of halogens is 1. The van der Waals surface area contributed by atoms with Crippen molar-refractivity contribution in [2.24, 2.45) is 0 Å². The van der Waals surface area contributed by atoms with Crippen LogP contribution in [0, 0.1) is 5.82 Å². The number of amides is 1. The van der Waals surface area contributed by atoms with Crippen molar-refractivity contribution in [1.82, 2.24) is 4.90 Å². The van der Waals surface area contributed by atoms with Crippen LogP contribution in [-0.4, -0.2) is 29.9 Å². The van der Waals surface area contributed by atoms with Crippen molar-refractivity contribution in [3.05, 3.63) is 41.7 Å². The number of piperidine rings is 1. The van der Waals surface area contributed by atoms with E-state index in [1.165, 1.54) is 12.1 Å². The molecule has 0 radical (unpaired) electrons. The predicted octanol–water partition coefficient (Wildman–Crippen LogP) is 3.19. The lowest BCUT2D eigenvalue weighted by Crippen LogP contribution is -2.44. The molecule has 3 nitrogen and oxygen atoms in total. The van der Waals surface area contributed by atoms with E-state index in [0.717, 1.165) is 30.6 Å². The van der Waals surface area contributed by atoms with Crippen LogP contribution in [-0.2, 0) is 4.79 Å². The van der Waals surface area contributed by atoms with Crippen LogP contribution in [0.1, 0.15) is 26.7 Å². The highest BCUT2D eigenvalue weighted by Gasteiger charge is 2.22. The van der Waals surface area contributed by atoms with Crippen LogP contribution in [0.3, 0.4) is 0 Å².